The van der Waals surface area contributed by atoms with Gasteiger partial charge in [-0.2, -0.15) is 0 Å². The molecule has 0 saturated carbocycles. The topological polar surface area (TPSA) is 113 Å². The Kier molecular flexibility index (Phi) is 9.84. The summed E-state index contributed by atoms with van der Waals surface area (Å²) in [5.74, 6) is 2.08. The van der Waals surface area contributed by atoms with Crippen LogP contribution in [0.25, 0.3) is 29.0 Å². The third-order valence-electron chi connectivity index (χ3n) is 11.4. The number of benzene rings is 2. The summed E-state index contributed by atoms with van der Waals surface area (Å²) in [5, 5.41) is 10.5. The number of aromatic nitrogens is 2. The van der Waals surface area contributed by atoms with Crippen LogP contribution >= 0.6 is 0 Å². The molecule has 5 N–H and O–H groups in total. The highest BCUT2D eigenvalue weighted by atomic mass is 15.2. The van der Waals surface area contributed by atoms with E-state index in [0.29, 0.717) is 5.92 Å². The molecule has 2 aromatic carbocycles. The van der Waals surface area contributed by atoms with Gasteiger partial charge in [-0.25, -0.2) is 15.0 Å². The van der Waals surface area contributed by atoms with Crippen molar-refractivity contribution in [2.24, 2.45) is 27.6 Å². The van der Waals surface area contributed by atoms with Gasteiger partial charge in [0.25, 0.3) is 0 Å². The van der Waals surface area contributed by atoms with Crippen molar-refractivity contribution in [3.8, 4) is 11.3 Å². The maximum atomic E-state index is 5.89. The lowest BCUT2D eigenvalue weighted by atomic mass is 9.76. The number of rotatable bonds is 8. The van der Waals surface area contributed by atoms with Crippen LogP contribution in [0.4, 0.5) is 0 Å². The van der Waals surface area contributed by atoms with Crippen molar-refractivity contribution in [3.63, 3.8) is 0 Å². The van der Waals surface area contributed by atoms with Gasteiger partial charge in [0.05, 0.1) is 11.4 Å². The Balaban J connectivity index is 1.15. The number of nitrogens with zero attached hydrogens (tertiary/aromatic N) is 4. The van der Waals surface area contributed by atoms with E-state index in [-0.39, 0.29) is 12.1 Å². The molecular formula is C48H46N8. The quantitative estimate of drug-likeness (QED) is 0.106. The zero-order chi connectivity index (χ0) is 37.8. The molecule has 5 heterocycles. The molecule has 2 aliphatic carbocycles. The number of pyridine rings is 2. The molecule has 8 heteroatoms. The number of hydrogen-bond acceptors (Lipinski definition) is 8. The van der Waals surface area contributed by atoms with Gasteiger partial charge in [0.15, 0.2) is 5.84 Å². The maximum Gasteiger partial charge on any atom is 0.159 e. The molecule has 3 atom stereocenters. The van der Waals surface area contributed by atoms with Crippen LogP contribution in [-0.2, 0) is 13.1 Å². The molecule has 0 radical (unpaired) electrons. The smallest absolute Gasteiger partial charge is 0.159 e. The standard InChI is InChI=1S/C48H46N8/c1-2-31(13-18-49)33-5-3-6-34(23-33)41-26-42(45-8-4-7-44(53-45)32-14-19-50-20-15-32)28-43(27-41)48-55-46(37-9-11-39-29-51-21-16-35(39)24-37)54-47(56-48)38-10-12-40-30-52-22-17-36(40)25-38/h2,4,7-26,28,33,41,46,51-52H,3,5-6,27,29-30,49H2,1H3,(H,54,55,56)/b18-13-,31-2+. The second-order valence-corrected chi connectivity index (χ2v) is 14.9. The number of nitrogens with two attached hydrogens (primary N) is 1. The highest BCUT2D eigenvalue weighted by molar-refractivity contribution is 6.14. The van der Waals surface area contributed by atoms with Crippen molar-refractivity contribution >= 4 is 29.4 Å². The Morgan fingerprint density at radius 2 is 1.64 bits per heavy atom. The van der Waals surface area contributed by atoms with E-state index < -0.39 is 0 Å². The number of allylic oxidation sites excluding steroid dienone is 8. The Bertz CT molecular complexity index is 2440. The van der Waals surface area contributed by atoms with Gasteiger partial charge in [-0.05, 0) is 156 Å². The first-order valence-electron chi connectivity index (χ1n) is 19.7. The van der Waals surface area contributed by atoms with Crippen molar-refractivity contribution in [1.82, 2.24) is 25.9 Å². The molecule has 3 unspecified atom stereocenters. The molecule has 9 rings (SSSR count). The Morgan fingerprint density at radius 1 is 0.857 bits per heavy atom. The molecule has 0 amide bonds. The molecule has 0 fully saturated rings. The summed E-state index contributed by atoms with van der Waals surface area (Å²) in [6.45, 7) is 3.73. The molecule has 8 nitrogen and oxygen atoms in total. The van der Waals surface area contributed by atoms with E-state index in [1.54, 1.807) is 6.20 Å². The minimum Gasteiger partial charge on any atom is -0.405 e. The van der Waals surface area contributed by atoms with Crippen molar-refractivity contribution in [1.29, 1.82) is 0 Å². The summed E-state index contributed by atoms with van der Waals surface area (Å²) < 4.78 is 0. The maximum absolute atomic E-state index is 5.89. The van der Waals surface area contributed by atoms with Crippen LogP contribution in [0.3, 0.4) is 0 Å². The lowest BCUT2D eigenvalue weighted by Gasteiger charge is -2.31. The van der Waals surface area contributed by atoms with Gasteiger partial charge in [0.1, 0.15) is 12.0 Å². The molecule has 3 aliphatic heterocycles. The molecule has 0 spiro atoms. The lowest BCUT2D eigenvalue weighted by Crippen LogP contribution is -2.35. The molecule has 56 heavy (non-hydrogen) atoms. The fourth-order valence-electron chi connectivity index (χ4n) is 8.41. The monoisotopic (exact) mass is 734 g/mol. The number of fused-ring (bicyclic) bond motifs is 2. The van der Waals surface area contributed by atoms with Gasteiger partial charge < -0.3 is 21.7 Å². The van der Waals surface area contributed by atoms with Crippen LogP contribution in [-0.4, -0.2) is 21.6 Å². The molecule has 2 aromatic heterocycles. The first-order valence-corrected chi connectivity index (χ1v) is 19.7. The van der Waals surface area contributed by atoms with Crippen molar-refractivity contribution in [3.05, 3.63) is 184 Å². The first kappa shape index (κ1) is 35.2. The van der Waals surface area contributed by atoms with Crippen molar-refractivity contribution in [2.75, 3.05) is 0 Å². The SMILES string of the molecule is C/C=C(\C=C/N)C1C=C(C2C=C(c3cccc(-c4ccncc4)n3)C=C(C3=NC(c4ccc5c(c4)C=CNC5)=NC(c4ccc5c(c4)C=CNC5)N3)C2)CCC1. The van der Waals surface area contributed by atoms with Crippen molar-refractivity contribution in [2.45, 2.75) is 51.9 Å². The van der Waals surface area contributed by atoms with E-state index in [2.05, 4.69) is 119 Å². The van der Waals surface area contributed by atoms with Gasteiger partial charge in [-0.1, -0.05) is 54.1 Å². The molecular weight excluding hydrogens is 689 g/mol. The molecule has 5 aliphatic rings. The number of nitrogens with one attached hydrogen (secondary N) is 3. The lowest BCUT2D eigenvalue weighted by molar-refractivity contribution is 0.553. The number of hydrogen-bond donors (Lipinski definition) is 4. The zero-order valence-electron chi connectivity index (χ0n) is 31.6. The van der Waals surface area contributed by atoms with E-state index in [1.807, 2.05) is 43.0 Å². The van der Waals surface area contributed by atoms with Crippen LogP contribution in [0, 0.1) is 11.8 Å². The molecule has 4 aromatic rings. The van der Waals surface area contributed by atoms with E-state index in [4.69, 9.17) is 20.7 Å². The van der Waals surface area contributed by atoms with E-state index in [0.717, 1.165) is 89.7 Å². The largest absolute Gasteiger partial charge is 0.405 e. The fraction of sp³-hybridized carbons (Fsp3) is 0.208. The Morgan fingerprint density at radius 3 is 2.45 bits per heavy atom. The van der Waals surface area contributed by atoms with Crippen LogP contribution in [0.1, 0.15) is 77.8 Å². The first-order chi connectivity index (χ1) is 27.6. The van der Waals surface area contributed by atoms with Crippen LogP contribution in [0.15, 0.2) is 155 Å². The van der Waals surface area contributed by atoms with Crippen LogP contribution in [0.2, 0.25) is 0 Å². The summed E-state index contributed by atoms with van der Waals surface area (Å²) >= 11 is 0. The third-order valence-corrected chi connectivity index (χ3v) is 11.4. The molecule has 278 valence electrons. The van der Waals surface area contributed by atoms with Gasteiger partial charge in [0.2, 0.25) is 0 Å². The Labute approximate surface area is 328 Å². The second-order valence-electron chi connectivity index (χ2n) is 14.9. The number of aliphatic imine (C=N–C) groups is 2. The van der Waals surface area contributed by atoms with Gasteiger partial charge >= 0.3 is 0 Å². The average molecular weight is 735 g/mol. The normalized spacial score (nSPS) is 21.6. The van der Waals surface area contributed by atoms with Gasteiger partial charge in [-0.15, -0.1) is 0 Å². The fourth-order valence-corrected chi connectivity index (χ4v) is 8.41. The Hall–Kier alpha value is -6.54. The second kappa shape index (κ2) is 15.7. The zero-order valence-corrected chi connectivity index (χ0v) is 31.6. The van der Waals surface area contributed by atoms with Gasteiger partial charge in [-0.3, -0.25) is 4.98 Å². The van der Waals surface area contributed by atoms with Gasteiger partial charge in [0, 0.05) is 48.4 Å². The van der Waals surface area contributed by atoms with E-state index in [9.17, 15) is 0 Å². The minimum atomic E-state index is -0.320. The molecule has 0 bridgehead atoms. The van der Waals surface area contributed by atoms with Crippen molar-refractivity contribution < 1.29 is 0 Å². The number of amidine groups is 2. The van der Waals surface area contributed by atoms with E-state index in [1.165, 1.54) is 33.4 Å². The third kappa shape index (κ3) is 7.30. The van der Waals surface area contributed by atoms with Crippen LogP contribution in [0.5, 0.6) is 0 Å². The molecule has 0 saturated heterocycles. The van der Waals surface area contributed by atoms with Crippen LogP contribution < -0.4 is 21.7 Å². The minimum absolute atomic E-state index is 0.173. The van der Waals surface area contributed by atoms with E-state index >= 15 is 0 Å². The summed E-state index contributed by atoms with van der Waals surface area (Å²) in [5.41, 5.74) is 20.8. The predicted molar refractivity (Wildman–Crippen MR) is 229 cm³/mol. The highest BCUT2D eigenvalue weighted by Crippen LogP contribution is 2.40. The summed E-state index contributed by atoms with van der Waals surface area (Å²) in [6.07, 6.45) is 28.8. The average Bonchev–Trinajstić information content (AvgIpc) is 3.28. The summed E-state index contributed by atoms with van der Waals surface area (Å²) in [6, 6.07) is 23.5. The summed E-state index contributed by atoms with van der Waals surface area (Å²) in [7, 11) is 0. The predicted octanol–water partition coefficient (Wildman–Crippen LogP) is 8.91. The summed E-state index contributed by atoms with van der Waals surface area (Å²) in [4.78, 5) is 20.1. The highest BCUT2D eigenvalue weighted by Gasteiger charge is 2.30.